The summed E-state index contributed by atoms with van der Waals surface area (Å²) in [6.45, 7) is 2.34. The standard InChI is InChI=1S/C20H27N3O4/c1-27-20(26)17-13-23(10-11-24)19(25)18(17)22-16-4-2-14(3-5-16)12-15-6-8-21-9-7-15/h2-5,15,21-22,24H,6-13H2,1H3. The highest BCUT2D eigenvalue weighted by Gasteiger charge is 2.34. The summed E-state index contributed by atoms with van der Waals surface area (Å²) in [7, 11) is 1.29. The average molecular weight is 373 g/mol. The summed E-state index contributed by atoms with van der Waals surface area (Å²) >= 11 is 0. The van der Waals surface area contributed by atoms with Crippen molar-refractivity contribution >= 4 is 17.6 Å². The molecule has 0 aliphatic carbocycles. The summed E-state index contributed by atoms with van der Waals surface area (Å²) in [5.74, 6) is -0.126. The van der Waals surface area contributed by atoms with Crippen LogP contribution in [-0.4, -0.2) is 61.8 Å². The van der Waals surface area contributed by atoms with E-state index in [2.05, 4.69) is 22.8 Å². The van der Waals surface area contributed by atoms with Crippen LogP contribution < -0.4 is 10.6 Å². The Balaban J connectivity index is 1.70. The van der Waals surface area contributed by atoms with E-state index in [1.807, 2.05) is 12.1 Å². The molecule has 7 nitrogen and oxygen atoms in total. The van der Waals surface area contributed by atoms with Gasteiger partial charge in [0.15, 0.2) is 0 Å². The van der Waals surface area contributed by atoms with E-state index in [4.69, 9.17) is 9.84 Å². The van der Waals surface area contributed by atoms with Gasteiger partial charge in [-0.05, 0) is 56.0 Å². The molecule has 1 amide bonds. The van der Waals surface area contributed by atoms with Gasteiger partial charge in [-0.3, -0.25) is 4.79 Å². The van der Waals surface area contributed by atoms with Gasteiger partial charge in [-0.15, -0.1) is 0 Å². The molecule has 0 spiro atoms. The van der Waals surface area contributed by atoms with Crippen LogP contribution in [-0.2, 0) is 20.7 Å². The quantitative estimate of drug-likeness (QED) is 0.616. The van der Waals surface area contributed by atoms with E-state index in [9.17, 15) is 9.59 Å². The van der Waals surface area contributed by atoms with Gasteiger partial charge in [-0.2, -0.15) is 0 Å². The minimum atomic E-state index is -0.534. The van der Waals surface area contributed by atoms with Crippen LogP contribution in [0.3, 0.4) is 0 Å². The Morgan fingerprint density at radius 2 is 2.00 bits per heavy atom. The number of carbonyl (C=O) groups is 2. The van der Waals surface area contributed by atoms with Gasteiger partial charge in [0.05, 0.1) is 25.8 Å². The number of nitrogens with one attached hydrogen (secondary N) is 2. The van der Waals surface area contributed by atoms with E-state index >= 15 is 0 Å². The van der Waals surface area contributed by atoms with E-state index in [1.54, 1.807) is 0 Å². The number of β-amino-alcohol motifs (C(OH)–C–C–N with tert-alkyl or cyclic N) is 1. The van der Waals surface area contributed by atoms with E-state index in [0.29, 0.717) is 5.92 Å². The van der Waals surface area contributed by atoms with Crippen LogP contribution in [0.4, 0.5) is 5.69 Å². The summed E-state index contributed by atoms with van der Waals surface area (Å²) in [5.41, 5.74) is 2.53. The molecular weight excluding hydrogens is 346 g/mol. The van der Waals surface area contributed by atoms with Gasteiger partial charge in [-0.1, -0.05) is 12.1 Å². The fourth-order valence-electron chi connectivity index (χ4n) is 3.64. The Bertz CT molecular complexity index is 708. The lowest BCUT2D eigenvalue weighted by atomic mass is 9.91. The molecule has 0 unspecified atom stereocenters. The lowest BCUT2D eigenvalue weighted by Gasteiger charge is -2.22. The van der Waals surface area contributed by atoms with E-state index in [-0.39, 0.29) is 36.9 Å². The van der Waals surface area contributed by atoms with Crippen LogP contribution in [0.2, 0.25) is 0 Å². The van der Waals surface area contributed by atoms with Crippen molar-refractivity contribution in [3.8, 4) is 0 Å². The highest BCUT2D eigenvalue weighted by atomic mass is 16.5. The third-order valence-electron chi connectivity index (χ3n) is 5.16. The third-order valence-corrected chi connectivity index (χ3v) is 5.16. The molecule has 2 aliphatic heterocycles. The van der Waals surface area contributed by atoms with Gasteiger partial charge < -0.3 is 25.4 Å². The van der Waals surface area contributed by atoms with Crippen molar-refractivity contribution in [3.63, 3.8) is 0 Å². The first-order valence-electron chi connectivity index (χ1n) is 9.40. The molecule has 0 atom stereocenters. The number of ether oxygens (including phenoxy) is 1. The summed E-state index contributed by atoms with van der Waals surface area (Å²) < 4.78 is 4.80. The Hall–Kier alpha value is -2.38. The topological polar surface area (TPSA) is 90.9 Å². The van der Waals surface area contributed by atoms with Crippen molar-refractivity contribution in [1.82, 2.24) is 10.2 Å². The van der Waals surface area contributed by atoms with Gasteiger partial charge in [0.25, 0.3) is 5.91 Å². The van der Waals surface area contributed by atoms with Crippen LogP contribution in [0.15, 0.2) is 35.5 Å². The first kappa shape index (κ1) is 19.4. The fourth-order valence-corrected chi connectivity index (χ4v) is 3.64. The number of hydrogen-bond acceptors (Lipinski definition) is 6. The first-order chi connectivity index (χ1) is 13.1. The smallest absolute Gasteiger partial charge is 0.337 e. The minimum Gasteiger partial charge on any atom is -0.466 e. The number of esters is 1. The zero-order valence-electron chi connectivity index (χ0n) is 15.7. The van der Waals surface area contributed by atoms with Crippen molar-refractivity contribution in [1.29, 1.82) is 0 Å². The molecule has 1 aromatic carbocycles. The van der Waals surface area contributed by atoms with E-state index in [0.717, 1.165) is 25.2 Å². The van der Waals surface area contributed by atoms with Gasteiger partial charge in [0, 0.05) is 12.2 Å². The first-order valence-corrected chi connectivity index (χ1v) is 9.40. The fraction of sp³-hybridized carbons (Fsp3) is 0.500. The Morgan fingerprint density at radius 3 is 2.63 bits per heavy atom. The number of anilines is 1. The third kappa shape index (κ3) is 4.67. The largest absolute Gasteiger partial charge is 0.466 e. The molecule has 1 saturated heterocycles. The molecule has 0 aromatic heterocycles. The zero-order chi connectivity index (χ0) is 19.2. The molecule has 0 bridgehead atoms. The summed E-state index contributed by atoms with van der Waals surface area (Å²) in [6, 6.07) is 7.99. The van der Waals surface area contributed by atoms with Crippen LogP contribution in [0, 0.1) is 5.92 Å². The number of aliphatic hydroxyl groups is 1. The maximum Gasteiger partial charge on any atom is 0.337 e. The number of aliphatic hydroxyl groups excluding tert-OH is 1. The van der Waals surface area contributed by atoms with Crippen LogP contribution in [0.5, 0.6) is 0 Å². The van der Waals surface area contributed by atoms with Crippen molar-refractivity contribution in [3.05, 3.63) is 41.1 Å². The monoisotopic (exact) mass is 373 g/mol. The highest BCUT2D eigenvalue weighted by Crippen LogP contribution is 2.24. The molecule has 3 N–H and O–H groups in total. The number of piperidine rings is 1. The molecule has 7 heteroatoms. The Morgan fingerprint density at radius 1 is 1.30 bits per heavy atom. The van der Waals surface area contributed by atoms with Gasteiger partial charge >= 0.3 is 5.97 Å². The number of rotatable bonds is 7. The maximum atomic E-state index is 12.5. The predicted octanol–water partition coefficient (Wildman–Crippen LogP) is 0.902. The van der Waals surface area contributed by atoms with Gasteiger partial charge in [0.2, 0.25) is 0 Å². The Kier molecular flexibility index (Phi) is 6.47. The number of nitrogens with zero attached hydrogens (tertiary/aromatic N) is 1. The molecule has 3 rings (SSSR count). The maximum absolute atomic E-state index is 12.5. The second-order valence-corrected chi connectivity index (χ2v) is 7.01. The molecule has 2 heterocycles. The van der Waals surface area contributed by atoms with Crippen LogP contribution >= 0.6 is 0 Å². The summed E-state index contributed by atoms with van der Waals surface area (Å²) in [5, 5.41) is 15.6. The van der Waals surface area contributed by atoms with Gasteiger partial charge in [0.1, 0.15) is 5.70 Å². The average Bonchev–Trinajstić information content (AvgIpc) is 3.00. The molecular formula is C20H27N3O4. The molecule has 27 heavy (non-hydrogen) atoms. The SMILES string of the molecule is COC(=O)C1=C(Nc2ccc(CC3CCNCC3)cc2)C(=O)N(CCO)C1. The van der Waals surface area contributed by atoms with E-state index in [1.165, 1.54) is 30.4 Å². The predicted molar refractivity (Wildman–Crippen MR) is 102 cm³/mol. The molecule has 0 saturated carbocycles. The molecule has 2 aliphatic rings. The van der Waals surface area contributed by atoms with Crippen molar-refractivity contribution in [2.75, 3.05) is 45.2 Å². The highest BCUT2D eigenvalue weighted by molar-refractivity contribution is 6.08. The minimum absolute atomic E-state index is 0.141. The normalized spacial score (nSPS) is 18.1. The molecule has 0 radical (unpaired) electrons. The number of benzene rings is 1. The van der Waals surface area contributed by atoms with Crippen molar-refractivity contribution < 1.29 is 19.4 Å². The second-order valence-electron chi connectivity index (χ2n) is 7.01. The molecule has 146 valence electrons. The lowest BCUT2D eigenvalue weighted by molar-refractivity contribution is -0.136. The van der Waals surface area contributed by atoms with E-state index < -0.39 is 5.97 Å². The number of hydrogen-bond donors (Lipinski definition) is 3. The lowest BCUT2D eigenvalue weighted by Crippen LogP contribution is -2.31. The number of carbonyl (C=O) groups excluding carboxylic acids is 2. The second kappa shape index (κ2) is 9.01. The zero-order valence-corrected chi connectivity index (χ0v) is 15.7. The Labute approximate surface area is 159 Å². The van der Waals surface area contributed by atoms with Crippen LogP contribution in [0.25, 0.3) is 0 Å². The van der Waals surface area contributed by atoms with Crippen molar-refractivity contribution in [2.24, 2.45) is 5.92 Å². The van der Waals surface area contributed by atoms with Crippen molar-refractivity contribution in [2.45, 2.75) is 19.3 Å². The van der Waals surface area contributed by atoms with Crippen LogP contribution in [0.1, 0.15) is 18.4 Å². The van der Waals surface area contributed by atoms with Gasteiger partial charge in [-0.25, -0.2) is 4.79 Å². The molecule has 1 fully saturated rings. The number of amides is 1. The summed E-state index contributed by atoms with van der Waals surface area (Å²) in [6.07, 6.45) is 3.45. The number of methoxy groups -OCH3 is 1. The summed E-state index contributed by atoms with van der Waals surface area (Å²) in [4.78, 5) is 26.0. The molecule has 1 aromatic rings.